The lowest BCUT2D eigenvalue weighted by Gasteiger charge is -2.39. The van der Waals surface area contributed by atoms with E-state index >= 15 is 0 Å². The first kappa shape index (κ1) is 26.9. The number of piperidine rings is 1. The lowest BCUT2D eigenvalue weighted by Crippen LogP contribution is -2.56. The largest absolute Gasteiger partial charge is 0.497 e. The molecular formula is C24H40N4O5S. The molecule has 9 nitrogen and oxygen atoms in total. The molecule has 192 valence electrons. The molecule has 1 aromatic carbocycles. The fraction of sp³-hybridized carbons (Fsp3) is 0.708. The van der Waals surface area contributed by atoms with E-state index in [-0.39, 0.29) is 25.2 Å². The minimum absolute atomic E-state index is 0.0265. The van der Waals surface area contributed by atoms with Crippen LogP contribution in [0.15, 0.2) is 17.0 Å². The van der Waals surface area contributed by atoms with Crippen molar-refractivity contribution >= 4 is 15.9 Å². The van der Waals surface area contributed by atoms with Gasteiger partial charge in [0.25, 0.3) is 0 Å². The van der Waals surface area contributed by atoms with E-state index in [4.69, 9.17) is 9.47 Å². The molecular weight excluding hydrogens is 456 g/mol. The van der Waals surface area contributed by atoms with Gasteiger partial charge >= 0.3 is 0 Å². The SMILES string of the molecule is COc1cc(C)c(S(=O)(=O)N2CCN(C)CC2COCC(=O)N2CCC(N(C)C)CC2)c(C)c1. The van der Waals surface area contributed by atoms with Crippen LogP contribution in [-0.2, 0) is 19.6 Å². The Labute approximate surface area is 204 Å². The van der Waals surface area contributed by atoms with Crippen LogP contribution in [0, 0.1) is 13.8 Å². The third kappa shape index (κ3) is 6.09. The highest BCUT2D eigenvalue weighted by Gasteiger charge is 2.37. The first-order valence-electron chi connectivity index (χ1n) is 11.9. The van der Waals surface area contributed by atoms with Gasteiger partial charge in [-0.3, -0.25) is 4.79 Å². The molecule has 0 aliphatic carbocycles. The van der Waals surface area contributed by atoms with Gasteiger partial charge in [-0.25, -0.2) is 8.42 Å². The number of rotatable bonds is 8. The zero-order chi connectivity index (χ0) is 25.0. The lowest BCUT2D eigenvalue weighted by atomic mass is 10.0. The van der Waals surface area contributed by atoms with Gasteiger partial charge in [-0.15, -0.1) is 0 Å². The fourth-order valence-electron chi connectivity index (χ4n) is 5.00. The van der Waals surface area contributed by atoms with Crippen molar-refractivity contribution in [2.75, 3.05) is 74.2 Å². The number of benzene rings is 1. The van der Waals surface area contributed by atoms with Crippen molar-refractivity contribution in [3.05, 3.63) is 23.3 Å². The zero-order valence-corrected chi connectivity index (χ0v) is 22.2. The van der Waals surface area contributed by atoms with Crippen LogP contribution in [0.25, 0.3) is 0 Å². The van der Waals surface area contributed by atoms with Crippen LogP contribution in [0.1, 0.15) is 24.0 Å². The van der Waals surface area contributed by atoms with Crippen LogP contribution < -0.4 is 4.74 Å². The summed E-state index contributed by atoms with van der Waals surface area (Å²) >= 11 is 0. The molecule has 0 N–H and O–H groups in total. The molecule has 1 atom stereocenters. The standard InChI is InChI=1S/C24H40N4O5S/c1-18-13-22(32-6)14-19(2)24(18)34(30,31)28-12-11-26(5)15-21(28)16-33-17-23(29)27-9-7-20(8-10-27)25(3)4/h13-14,20-21H,7-12,15-17H2,1-6H3. The Bertz CT molecular complexity index is 937. The van der Waals surface area contributed by atoms with E-state index in [0.29, 0.717) is 47.4 Å². The van der Waals surface area contributed by atoms with Gasteiger partial charge in [0.15, 0.2) is 0 Å². The van der Waals surface area contributed by atoms with Gasteiger partial charge in [-0.2, -0.15) is 4.31 Å². The summed E-state index contributed by atoms with van der Waals surface area (Å²) in [6, 6.07) is 3.64. The topological polar surface area (TPSA) is 82.6 Å². The molecule has 2 heterocycles. The highest BCUT2D eigenvalue weighted by molar-refractivity contribution is 7.89. The van der Waals surface area contributed by atoms with Crippen molar-refractivity contribution in [3.8, 4) is 5.75 Å². The van der Waals surface area contributed by atoms with Gasteiger partial charge in [0.05, 0.1) is 24.7 Å². The van der Waals surface area contributed by atoms with Crippen LogP contribution in [0.4, 0.5) is 0 Å². The smallest absolute Gasteiger partial charge is 0.248 e. The van der Waals surface area contributed by atoms with Crippen molar-refractivity contribution in [2.24, 2.45) is 0 Å². The van der Waals surface area contributed by atoms with Crippen molar-refractivity contribution in [3.63, 3.8) is 0 Å². The Morgan fingerprint density at radius 3 is 2.26 bits per heavy atom. The number of likely N-dealkylation sites (tertiary alicyclic amines) is 1. The number of carbonyl (C=O) groups excluding carboxylic acids is 1. The second-order valence-corrected chi connectivity index (χ2v) is 11.5. The van der Waals surface area contributed by atoms with Crippen molar-refractivity contribution in [1.82, 2.24) is 19.0 Å². The summed E-state index contributed by atoms with van der Waals surface area (Å²) in [5, 5.41) is 0. The fourth-order valence-corrected chi connectivity index (χ4v) is 7.01. The van der Waals surface area contributed by atoms with Crippen LogP contribution in [-0.4, -0.2) is 120 Å². The Morgan fingerprint density at radius 2 is 1.71 bits per heavy atom. The number of methoxy groups -OCH3 is 1. The average molecular weight is 497 g/mol. The number of nitrogens with zero attached hydrogens (tertiary/aromatic N) is 4. The maximum Gasteiger partial charge on any atom is 0.248 e. The van der Waals surface area contributed by atoms with Crippen molar-refractivity contribution < 1.29 is 22.7 Å². The summed E-state index contributed by atoms with van der Waals surface area (Å²) < 4.78 is 40.1. The zero-order valence-electron chi connectivity index (χ0n) is 21.4. The monoisotopic (exact) mass is 496 g/mol. The molecule has 10 heteroatoms. The molecule has 0 radical (unpaired) electrons. The summed E-state index contributed by atoms with van der Waals surface area (Å²) in [4.78, 5) is 19.1. The first-order valence-corrected chi connectivity index (χ1v) is 13.4. The molecule has 0 aromatic heterocycles. The van der Waals surface area contributed by atoms with Crippen molar-refractivity contribution in [2.45, 2.75) is 43.7 Å². The van der Waals surface area contributed by atoms with Crippen LogP contribution >= 0.6 is 0 Å². The first-order chi connectivity index (χ1) is 16.0. The number of piperazine rings is 1. The molecule has 0 bridgehead atoms. The van der Waals surface area contributed by atoms with Crippen LogP contribution in [0.5, 0.6) is 5.75 Å². The number of amides is 1. The molecule has 34 heavy (non-hydrogen) atoms. The predicted molar refractivity (Wildman–Crippen MR) is 132 cm³/mol. The lowest BCUT2D eigenvalue weighted by molar-refractivity contribution is -0.138. The maximum atomic E-state index is 13.7. The summed E-state index contributed by atoms with van der Waals surface area (Å²) in [5.74, 6) is 0.609. The maximum absolute atomic E-state index is 13.7. The average Bonchev–Trinajstić information content (AvgIpc) is 2.78. The quantitative estimate of drug-likeness (QED) is 0.535. The van der Waals surface area contributed by atoms with Gasteiger partial charge in [0.2, 0.25) is 15.9 Å². The second kappa shape index (κ2) is 11.3. The number of aryl methyl sites for hydroxylation is 2. The number of likely N-dealkylation sites (N-methyl/N-ethyl adjacent to an activating group) is 1. The molecule has 3 rings (SSSR count). The number of ether oxygens (including phenoxy) is 2. The van der Waals surface area contributed by atoms with Gasteiger partial charge < -0.3 is 24.2 Å². The molecule has 2 saturated heterocycles. The molecule has 0 saturated carbocycles. The Morgan fingerprint density at radius 1 is 1.09 bits per heavy atom. The van der Waals surface area contributed by atoms with E-state index in [1.807, 2.05) is 11.9 Å². The second-order valence-electron chi connectivity index (χ2n) is 9.71. The number of carbonyl (C=O) groups is 1. The van der Waals surface area contributed by atoms with E-state index < -0.39 is 10.0 Å². The minimum atomic E-state index is -3.74. The molecule has 2 aliphatic rings. The van der Waals surface area contributed by atoms with Crippen LogP contribution in [0.3, 0.4) is 0 Å². The van der Waals surface area contributed by atoms with Crippen molar-refractivity contribution in [1.29, 1.82) is 0 Å². The summed E-state index contributed by atoms with van der Waals surface area (Å²) in [6.07, 6.45) is 1.91. The van der Waals surface area contributed by atoms with Gasteiger partial charge in [0.1, 0.15) is 12.4 Å². The number of sulfonamides is 1. The highest BCUT2D eigenvalue weighted by Crippen LogP contribution is 2.30. The Balaban J connectivity index is 1.66. The van der Waals surface area contributed by atoms with E-state index in [1.54, 1.807) is 37.4 Å². The van der Waals surface area contributed by atoms with E-state index in [0.717, 1.165) is 25.9 Å². The molecule has 1 aromatic rings. The molecule has 2 fully saturated rings. The van der Waals surface area contributed by atoms with Gasteiger partial charge in [-0.1, -0.05) is 0 Å². The molecule has 0 spiro atoms. The van der Waals surface area contributed by atoms with E-state index in [1.165, 1.54) is 0 Å². The summed E-state index contributed by atoms with van der Waals surface area (Å²) in [5.41, 5.74) is 1.32. The normalized spacial score (nSPS) is 21.3. The third-order valence-electron chi connectivity index (χ3n) is 6.95. The third-order valence-corrected chi connectivity index (χ3v) is 9.21. The predicted octanol–water partition coefficient (Wildman–Crippen LogP) is 1.19. The Kier molecular flexibility index (Phi) is 8.97. The molecule has 1 amide bonds. The van der Waals surface area contributed by atoms with Gasteiger partial charge in [-0.05, 0) is 71.1 Å². The van der Waals surface area contributed by atoms with Crippen LogP contribution in [0.2, 0.25) is 0 Å². The summed E-state index contributed by atoms with van der Waals surface area (Å²) in [6.45, 7) is 6.77. The molecule has 2 aliphatic heterocycles. The highest BCUT2D eigenvalue weighted by atomic mass is 32.2. The number of hydrogen-bond donors (Lipinski definition) is 0. The van der Waals surface area contributed by atoms with Gasteiger partial charge in [0, 0.05) is 38.8 Å². The molecule has 1 unspecified atom stereocenters. The number of hydrogen-bond acceptors (Lipinski definition) is 7. The summed E-state index contributed by atoms with van der Waals surface area (Å²) in [7, 11) is 3.95. The minimum Gasteiger partial charge on any atom is -0.497 e. The van der Waals surface area contributed by atoms with E-state index in [9.17, 15) is 13.2 Å². The van der Waals surface area contributed by atoms with E-state index in [2.05, 4.69) is 23.9 Å². The Hall–Kier alpha value is -1.72.